The van der Waals surface area contributed by atoms with Gasteiger partial charge in [0.1, 0.15) is 5.04 Å². The van der Waals surface area contributed by atoms with Crippen LogP contribution >= 0.6 is 11.4 Å². The predicted octanol–water partition coefficient (Wildman–Crippen LogP) is 0.625. The molecule has 0 aromatic rings. The Kier molecular flexibility index (Phi) is 5.46. The van der Waals surface area contributed by atoms with E-state index in [1.807, 2.05) is 0 Å². The van der Waals surface area contributed by atoms with Crippen LogP contribution in [0, 0.1) is 0 Å². The summed E-state index contributed by atoms with van der Waals surface area (Å²) in [6, 6.07) is 0. The Bertz CT molecular complexity index is 188. The van der Waals surface area contributed by atoms with Crippen LogP contribution in [0.25, 0.3) is 0 Å². The van der Waals surface area contributed by atoms with Crippen LogP contribution < -0.4 is 0 Å². The molecule has 5 heteroatoms. The lowest BCUT2D eigenvalue weighted by molar-refractivity contribution is -0.134. The highest BCUT2D eigenvalue weighted by Crippen LogP contribution is 1.89. The van der Waals surface area contributed by atoms with Crippen LogP contribution in [0.5, 0.6) is 0 Å². The van der Waals surface area contributed by atoms with E-state index in [4.69, 9.17) is 5.21 Å². The van der Waals surface area contributed by atoms with Gasteiger partial charge in [-0.2, -0.15) is 0 Å². The quantitative estimate of drug-likeness (QED) is 0.124. The third kappa shape index (κ3) is 5.60. The van der Waals surface area contributed by atoms with Gasteiger partial charge < -0.3 is 9.94 Å². The Morgan fingerprint density at radius 1 is 1.82 bits per heavy atom. The van der Waals surface area contributed by atoms with Crippen LogP contribution in [-0.4, -0.2) is 28.2 Å². The summed E-state index contributed by atoms with van der Waals surface area (Å²) in [5.41, 5.74) is 0. The van der Waals surface area contributed by atoms with Crippen molar-refractivity contribution in [3.8, 4) is 0 Å². The maximum Gasteiger partial charge on any atom is 0.336 e. The SMILES string of the molecule is CCOC(=O)C=[SH]C(C)=NO. The van der Waals surface area contributed by atoms with Crippen LogP contribution in [-0.2, 0) is 9.53 Å². The van der Waals surface area contributed by atoms with Crippen molar-refractivity contribution in [2.45, 2.75) is 13.8 Å². The molecule has 11 heavy (non-hydrogen) atoms. The van der Waals surface area contributed by atoms with Crippen LogP contribution in [0.1, 0.15) is 13.8 Å². The minimum absolute atomic E-state index is 0.361. The molecule has 0 spiro atoms. The molecule has 0 fully saturated rings. The van der Waals surface area contributed by atoms with Gasteiger partial charge in [-0.25, -0.2) is 4.79 Å². The summed E-state index contributed by atoms with van der Waals surface area (Å²) in [4.78, 5) is 10.6. The second-order valence-electron chi connectivity index (χ2n) is 1.66. The summed E-state index contributed by atoms with van der Waals surface area (Å²) >= 11 is 0.561. The summed E-state index contributed by atoms with van der Waals surface area (Å²) in [5.74, 6) is -0.392. The number of carbonyl (C=O) groups excluding carboxylic acids is 1. The highest BCUT2D eigenvalue weighted by molar-refractivity contribution is 8.12. The molecule has 4 nitrogen and oxygen atoms in total. The molecule has 0 rings (SSSR count). The zero-order valence-corrected chi connectivity index (χ0v) is 7.34. The summed E-state index contributed by atoms with van der Waals surface area (Å²) in [6.45, 7) is 3.70. The highest BCUT2D eigenvalue weighted by atomic mass is 32.1. The predicted molar refractivity (Wildman–Crippen MR) is 46.6 cm³/mol. The van der Waals surface area contributed by atoms with E-state index < -0.39 is 5.97 Å². The first-order valence-electron chi connectivity index (χ1n) is 3.10. The van der Waals surface area contributed by atoms with Crippen molar-refractivity contribution in [2.24, 2.45) is 5.16 Å². The lowest BCUT2D eigenvalue weighted by atomic mass is 10.8. The van der Waals surface area contributed by atoms with Crippen LogP contribution in [0.4, 0.5) is 0 Å². The molecule has 0 atom stereocenters. The van der Waals surface area contributed by atoms with Gasteiger partial charge in [-0.15, -0.1) is 11.4 Å². The lowest BCUT2D eigenvalue weighted by Crippen LogP contribution is -2.03. The highest BCUT2D eigenvalue weighted by Gasteiger charge is 1.92. The molecule has 0 aromatic heterocycles. The first kappa shape index (κ1) is 10.2. The van der Waals surface area contributed by atoms with Crippen LogP contribution in [0.2, 0.25) is 0 Å². The first-order valence-corrected chi connectivity index (χ1v) is 4.06. The standard InChI is InChI=1S/C6H11NO3S/c1-3-10-6(8)4-11-5(2)7-9/h4,9,11H,3H2,1-2H3. The molecule has 0 radical (unpaired) electrons. The second kappa shape index (κ2) is 5.91. The van der Waals surface area contributed by atoms with Crippen LogP contribution in [0.15, 0.2) is 5.16 Å². The van der Waals surface area contributed by atoms with Gasteiger partial charge >= 0.3 is 5.97 Å². The average Bonchev–Trinajstić information content (AvgIpc) is 2.01. The van der Waals surface area contributed by atoms with Crippen LogP contribution in [0.3, 0.4) is 0 Å². The van der Waals surface area contributed by atoms with Crippen molar-refractivity contribution in [1.82, 2.24) is 0 Å². The Morgan fingerprint density at radius 3 is 2.91 bits per heavy atom. The number of ether oxygens (including phenoxy) is 1. The van der Waals surface area contributed by atoms with Gasteiger partial charge in [0, 0.05) is 5.37 Å². The molecule has 0 amide bonds. The molecule has 0 aliphatic carbocycles. The minimum atomic E-state index is -0.392. The molecular weight excluding hydrogens is 166 g/mol. The van der Waals surface area contributed by atoms with Crippen molar-refractivity contribution >= 4 is 27.7 Å². The van der Waals surface area contributed by atoms with Crippen molar-refractivity contribution in [3.63, 3.8) is 0 Å². The molecule has 0 bridgehead atoms. The Morgan fingerprint density at radius 2 is 2.45 bits per heavy atom. The van der Waals surface area contributed by atoms with E-state index in [0.717, 1.165) is 0 Å². The monoisotopic (exact) mass is 177 g/mol. The maximum absolute atomic E-state index is 10.6. The topological polar surface area (TPSA) is 58.9 Å². The molecular formula is C6H11NO3S. The molecule has 0 aromatic carbocycles. The van der Waals surface area contributed by atoms with E-state index in [1.165, 1.54) is 5.37 Å². The normalized spacial score (nSPS) is 12.7. The second-order valence-corrected chi connectivity index (χ2v) is 2.82. The van der Waals surface area contributed by atoms with Crippen molar-refractivity contribution < 1.29 is 14.7 Å². The summed E-state index contributed by atoms with van der Waals surface area (Å²) in [6.07, 6.45) is 0. The van der Waals surface area contributed by atoms with E-state index in [2.05, 4.69) is 9.89 Å². The summed E-state index contributed by atoms with van der Waals surface area (Å²) in [5, 5.41) is 12.8. The number of rotatable bonds is 2. The van der Waals surface area contributed by atoms with Gasteiger partial charge in [0.25, 0.3) is 0 Å². The zero-order valence-electron chi connectivity index (χ0n) is 6.44. The van der Waals surface area contributed by atoms with Gasteiger partial charge in [-0.1, -0.05) is 5.16 Å². The van der Waals surface area contributed by atoms with Gasteiger partial charge in [-0.05, 0) is 13.8 Å². The fourth-order valence-corrected chi connectivity index (χ4v) is 0.770. The largest absolute Gasteiger partial charge is 0.462 e. The summed E-state index contributed by atoms with van der Waals surface area (Å²) < 4.78 is 4.60. The van der Waals surface area contributed by atoms with Gasteiger partial charge in [0.05, 0.1) is 6.61 Å². The minimum Gasteiger partial charge on any atom is -0.462 e. The third-order valence-electron chi connectivity index (χ3n) is 0.788. The number of carbonyl (C=O) groups is 1. The van der Waals surface area contributed by atoms with Gasteiger partial charge in [0.2, 0.25) is 0 Å². The average molecular weight is 177 g/mol. The third-order valence-corrected chi connectivity index (χ3v) is 1.59. The number of nitrogens with zero attached hydrogens (tertiary/aromatic N) is 1. The van der Waals surface area contributed by atoms with Crippen molar-refractivity contribution in [3.05, 3.63) is 0 Å². The van der Waals surface area contributed by atoms with E-state index in [1.54, 1.807) is 13.8 Å². The molecule has 64 valence electrons. The Balaban J connectivity index is 3.83. The molecule has 0 aliphatic heterocycles. The van der Waals surface area contributed by atoms with Crippen molar-refractivity contribution in [1.29, 1.82) is 0 Å². The van der Waals surface area contributed by atoms with E-state index in [0.29, 0.717) is 23.0 Å². The van der Waals surface area contributed by atoms with Gasteiger partial charge in [-0.3, -0.25) is 0 Å². The number of hydrogen-bond acceptors (Lipinski definition) is 4. The fraction of sp³-hybridized carbons (Fsp3) is 0.500. The number of thiol groups is 1. The smallest absolute Gasteiger partial charge is 0.336 e. The number of esters is 1. The van der Waals surface area contributed by atoms with Crippen molar-refractivity contribution in [2.75, 3.05) is 6.61 Å². The molecule has 0 unspecified atom stereocenters. The van der Waals surface area contributed by atoms with Gasteiger partial charge in [0.15, 0.2) is 0 Å². The molecule has 0 heterocycles. The Labute approximate surface area is 68.8 Å². The number of hydrogen-bond donors (Lipinski definition) is 2. The van der Waals surface area contributed by atoms with E-state index >= 15 is 0 Å². The lowest BCUT2D eigenvalue weighted by Gasteiger charge is -1.93. The maximum atomic E-state index is 10.6. The molecule has 0 saturated heterocycles. The summed E-state index contributed by atoms with van der Waals surface area (Å²) in [7, 11) is 0. The molecule has 0 aliphatic rings. The fourth-order valence-electron chi connectivity index (χ4n) is 0.351. The molecule has 0 saturated carbocycles. The Hall–Kier alpha value is -0.840. The number of oxime groups is 1. The molecule has 1 N–H and O–H groups in total. The first-order chi connectivity index (χ1) is 5.20. The zero-order chi connectivity index (χ0) is 8.69. The van der Waals surface area contributed by atoms with E-state index in [9.17, 15) is 4.79 Å². The van der Waals surface area contributed by atoms with E-state index in [-0.39, 0.29) is 0 Å².